The first-order valence-electron chi connectivity index (χ1n) is 12.9. The van der Waals surface area contributed by atoms with Gasteiger partial charge in [0.05, 0.1) is 18.1 Å². The van der Waals surface area contributed by atoms with E-state index in [1.54, 1.807) is 17.0 Å². The van der Waals surface area contributed by atoms with Gasteiger partial charge in [0.15, 0.2) is 0 Å². The van der Waals surface area contributed by atoms with E-state index >= 15 is 0 Å². The Morgan fingerprint density at radius 3 is 2.47 bits per heavy atom. The van der Waals surface area contributed by atoms with E-state index in [1.165, 1.54) is 0 Å². The third-order valence-corrected chi connectivity index (χ3v) is 7.76. The second kappa shape index (κ2) is 10.3. The minimum Gasteiger partial charge on any atom is -0.324 e. The Kier molecular flexibility index (Phi) is 6.92. The zero-order chi connectivity index (χ0) is 25.1. The van der Waals surface area contributed by atoms with Crippen LogP contribution >= 0.6 is 0 Å². The van der Waals surface area contributed by atoms with Crippen LogP contribution in [0.3, 0.4) is 0 Å². The number of amides is 2. The molecule has 7 heteroatoms. The molecule has 188 valence electrons. The highest BCUT2D eigenvalue weighted by Crippen LogP contribution is 2.37. The normalized spacial score (nSPS) is 21.8. The van der Waals surface area contributed by atoms with Crippen molar-refractivity contribution in [1.82, 2.24) is 24.7 Å². The molecule has 2 aliphatic heterocycles. The minimum absolute atomic E-state index is 0.0373. The summed E-state index contributed by atoms with van der Waals surface area (Å²) in [4.78, 5) is 35.2. The summed E-state index contributed by atoms with van der Waals surface area (Å²) < 4.78 is 1.72. The summed E-state index contributed by atoms with van der Waals surface area (Å²) in [6.07, 6.45) is 2.52. The van der Waals surface area contributed by atoms with Gasteiger partial charge in [0, 0.05) is 50.9 Å². The number of aromatic nitrogens is 2. The van der Waals surface area contributed by atoms with Crippen molar-refractivity contribution < 1.29 is 4.79 Å². The lowest BCUT2D eigenvalue weighted by atomic mass is 9.74. The Balaban J connectivity index is 1.27. The number of benzene rings is 2. The van der Waals surface area contributed by atoms with Crippen molar-refractivity contribution in [3.8, 4) is 11.3 Å². The van der Waals surface area contributed by atoms with Gasteiger partial charge < -0.3 is 15.1 Å². The van der Waals surface area contributed by atoms with E-state index in [2.05, 4.69) is 36.3 Å². The predicted octanol–water partition coefficient (Wildman–Crippen LogP) is 4.02. The Bertz CT molecular complexity index is 1240. The van der Waals surface area contributed by atoms with E-state index in [0.717, 1.165) is 30.6 Å². The maximum Gasteiger partial charge on any atom is 0.320 e. The van der Waals surface area contributed by atoms with Crippen molar-refractivity contribution in [3.63, 3.8) is 0 Å². The second-order valence-electron chi connectivity index (χ2n) is 10.6. The van der Waals surface area contributed by atoms with E-state index in [4.69, 9.17) is 0 Å². The fourth-order valence-electron chi connectivity index (χ4n) is 5.56. The molecule has 0 radical (unpaired) electrons. The quantitative estimate of drug-likeness (QED) is 0.606. The van der Waals surface area contributed by atoms with Crippen molar-refractivity contribution >= 4 is 6.03 Å². The lowest BCUT2D eigenvalue weighted by molar-refractivity contribution is 0.0420. The van der Waals surface area contributed by atoms with Gasteiger partial charge in [-0.25, -0.2) is 9.78 Å². The van der Waals surface area contributed by atoms with Crippen molar-refractivity contribution in [3.05, 3.63) is 89.0 Å². The summed E-state index contributed by atoms with van der Waals surface area (Å²) in [5.41, 5.74) is 2.64. The van der Waals surface area contributed by atoms with Crippen LogP contribution in [-0.2, 0) is 6.54 Å². The molecule has 36 heavy (non-hydrogen) atoms. The molecule has 1 N–H and O–H groups in total. The summed E-state index contributed by atoms with van der Waals surface area (Å²) in [6, 6.07) is 21.8. The van der Waals surface area contributed by atoms with Gasteiger partial charge >= 0.3 is 6.03 Å². The number of nitrogens with zero attached hydrogens (tertiary/aromatic N) is 4. The number of urea groups is 1. The number of hydrogen-bond acceptors (Lipinski definition) is 4. The highest BCUT2D eigenvalue weighted by atomic mass is 16.2. The molecule has 1 aromatic heterocycles. The molecule has 0 aliphatic carbocycles. The van der Waals surface area contributed by atoms with Gasteiger partial charge in [-0.3, -0.25) is 9.36 Å². The SMILES string of the molecule is CC1(C)CN(C(=O)N2CCNCC2c2ccccc2)CCC1Cn1cnc(-c2ccccc2)cc1=O. The summed E-state index contributed by atoms with van der Waals surface area (Å²) in [7, 11) is 0. The third kappa shape index (κ3) is 5.07. The molecule has 0 spiro atoms. The first-order chi connectivity index (χ1) is 17.4. The molecule has 0 saturated carbocycles. The maximum absolute atomic E-state index is 13.7. The van der Waals surface area contributed by atoms with Crippen LogP contribution in [0.2, 0.25) is 0 Å². The zero-order valence-electron chi connectivity index (χ0n) is 21.1. The van der Waals surface area contributed by atoms with Crippen molar-refractivity contribution in [2.75, 3.05) is 32.7 Å². The van der Waals surface area contributed by atoms with Crippen LogP contribution in [0, 0.1) is 11.3 Å². The third-order valence-electron chi connectivity index (χ3n) is 7.76. The van der Waals surface area contributed by atoms with Gasteiger partial charge in [-0.2, -0.15) is 0 Å². The number of rotatable bonds is 4. The molecule has 2 aromatic carbocycles. The molecule has 0 bridgehead atoms. The molecular weight excluding hydrogens is 450 g/mol. The topological polar surface area (TPSA) is 70.5 Å². The fraction of sp³-hybridized carbons (Fsp3) is 0.414. The van der Waals surface area contributed by atoms with E-state index in [1.807, 2.05) is 58.3 Å². The van der Waals surface area contributed by atoms with Gasteiger partial charge in [0.2, 0.25) is 0 Å². The second-order valence-corrected chi connectivity index (χ2v) is 10.6. The molecule has 2 aliphatic rings. The number of hydrogen-bond donors (Lipinski definition) is 1. The molecule has 2 amide bonds. The standard InChI is InChI=1S/C29H35N5O2/c1-29(2)20-32(28(36)34-16-14-30-18-26(34)23-11-7-4-8-12-23)15-13-24(29)19-33-21-31-25(17-27(33)35)22-9-5-3-6-10-22/h3-12,17,21,24,26,30H,13-16,18-20H2,1-2H3. The van der Waals surface area contributed by atoms with Crippen LogP contribution in [0.4, 0.5) is 4.79 Å². The largest absolute Gasteiger partial charge is 0.324 e. The Morgan fingerprint density at radius 2 is 1.78 bits per heavy atom. The van der Waals surface area contributed by atoms with Crippen molar-refractivity contribution in [2.24, 2.45) is 11.3 Å². The molecule has 7 nitrogen and oxygen atoms in total. The number of piperidine rings is 1. The highest BCUT2D eigenvalue weighted by molar-refractivity contribution is 5.75. The summed E-state index contributed by atoms with van der Waals surface area (Å²) in [5, 5.41) is 3.44. The Hall–Kier alpha value is -3.45. The number of nitrogens with one attached hydrogen (secondary N) is 1. The van der Waals surface area contributed by atoms with Crippen molar-refractivity contribution in [1.29, 1.82) is 0 Å². The molecular formula is C29H35N5O2. The van der Waals surface area contributed by atoms with Gasteiger partial charge in [0.25, 0.3) is 5.56 Å². The lowest BCUT2D eigenvalue weighted by Crippen LogP contribution is -2.57. The highest BCUT2D eigenvalue weighted by Gasteiger charge is 2.40. The predicted molar refractivity (Wildman–Crippen MR) is 142 cm³/mol. The molecule has 3 aromatic rings. The monoisotopic (exact) mass is 485 g/mol. The van der Waals surface area contributed by atoms with E-state index in [9.17, 15) is 9.59 Å². The van der Waals surface area contributed by atoms with Gasteiger partial charge in [0.1, 0.15) is 0 Å². The zero-order valence-corrected chi connectivity index (χ0v) is 21.1. The van der Waals surface area contributed by atoms with Crippen LogP contribution < -0.4 is 10.9 Å². The van der Waals surface area contributed by atoms with Gasteiger partial charge in [-0.15, -0.1) is 0 Å². The number of carbonyl (C=O) groups excluding carboxylic acids is 1. The first kappa shape index (κ1) is 24.3. The van der Waals surface area contributed by atoms with Crippen LogP contribution in [0.15, 0.2) is 77.9 Å². The van der Waals surface area contributed by atoms with E-state index in [0.29, 0.717) is 31.9 Å². The van der Waals surface area contributed by atoms with Crippen LogP contribution in [0.25, 0.3) is 11.3 Å². The number of likely N-dealkylation sites (tertiary alicyclic amines) is 1. The average Bonchev–Trinajstić information content (AvgIpc) is 2.91. The summed E-state index contributed by atoms with van der Waals surface area (Å²) in [5.74, 6) is 0.275. The lowest BCUT2D eigenvalue weighted by Gasteiger charge is -2.47. The van der Waals surface area contributed by atoms with Gasteiger partial charge in [-0.05, 0) is 23.3 Å². The smallest absolute Gasteiger partial charge is 0.320 e. The van der Waals surface area contributed by atoms with Gasteiger partial charge in [-0.1, -0.05) is 74.5 Å². The van der Waals surface area contributed by atoms with E-state index < -0.39 is 0 Å². The molecule has 2 saturated heterocycles. The molecule has 2 atom stereocenters. The number of piperazine rings is 1. The maximum atomic E-state index is 13.7. The molecule has 3 heterocycles. The van der Waals surface area contributed by atoms with E-state index in [-0.39, 0.29) is 29.0 Å². The molecule has 2 unspecified atom stereocenters. The summed E-state index contributed by atoms with van der Waals surface area (Å²) >= 11 is 0. The van der Waals surface area contributed by atoms with Crippen LogP contribution in [0.1, 0.15) is 31.9 Å². The molecule has 5 rings (SSSR count). The minimum atomic E-state index is -0.123. The molecule has 2 fully saturated rings. The first-order valence-corrected chi connectivity index (χ1v) is 12.9. The average molecular weight is 486 g/mol. The van der Waals surface area contributed by atoms with Crippen LogP contribution in [0.5, 0.6) is 0 Å². The fourth-order valence-corrected chi connectivity index (χ4v) is 5.56. The van der Waals surface area contributed by atoms with Crippen molar-refractivity contribution in [2.45, 2.75) is 32.9 Å². The van der Waals surface area contributed by atoms with Crippen LogP contribution in [-0.4, -0.2) is 58.1 Å². The Labute approximate surface area is 212 Å². The number of carbonyl (C=O) groups is 1. The Morgan fingerprint density at radius 1 is 1.06 bits per heavy atom. The summed E-state index contributed by atoms with van der Waals surface area (Å²) in [6.45, 7) is 8.67.